The Balaban J connectivity index is 1.56. The molecule has 3 saturated heterocycles. The van der Waals surface area contributed by atoms with E-state index in [0.29, 0.717) is 0 Å². The van der Waals surface area contributed by atoms with Crippen LogP contribution in [0.2, 0.25) is 0 Å². The molecule has 4 unspecified atom stereocenters. The van der Waals surface area contributed by atoms with E-state index < -0.39 is 21.3 Å². The number of fused-ring (bicyclic) bond motifs is 2. The van der Waals surface area contributed by atoms with Crippen molar-refractivity contribution in [1.29, 1.82) is 0 Å². The second-order valence-electron chi connectivity index (χ2n) is 6.45. The molecule has 21 heavy (non-hydrogen) atoms. The molecule has 0 aromatic carbocycles. The van der Waals surface area contributed by atoms with E-state index in [1.807, 2.05) is 0 Å². The predicted octanol–water partition coefficient (Wildman–Crippen LogP) is -0.505. The van der Waals surface area contributed by atoms with Crippen molar-refractivity contribution >= 4 is 27.3 Å². The number of piperidine rings is 1. The fraction of sp³-hybridized carbons (Fsp3) is 0.923. The molecule has 0 aliphatic carbocycles. The van der Waals surface area contributed by atoms with Gasteiger partial charge in [-0.15, -0.1) is 11.6 Å². The topological polar surface area (TPSA) is 86.7 Å². The molecule has 6 nitrogen and oxygen atoms in total. The predicted molar refractivity (Wildman–Crippen MR) is 79.0 cm³/mol. The smallest absolute Gasteiger partial charge is 0.234 e. The van der Waals surface area contributed by atoms with Crippen molar-refractivity contribution in [2.45, 2.75) is 55.3 Å². The summed E-state index contributed by atoms with van der Waals surface area (Å²) in [5.74, 6) is -0.310. The number of carbonyl (C=O) groups excluding carboxylic acids is 1. The zero-order valence-electron chi connectivity index (χ0n) is 11.7. The minimum atomic E-state index is -3.13. The highest BCUT2D eigenvalue weighted by molar-refractivity contribution is 7.91. The summed E-state index contributed by atoms with van der Waals surface area (Å²) in [6.07, 6.45) is 3.23. The first-order chi connectivity index (χ1) is 9.84. The maximum Gasteiger partial charge on any atom is 0.234 e. The van der Waals surface area contributed by atoms with E-state index in [-0.39, 0.29) is 42.1 Å². The van der Waals surface area contributed by atoms with Crippen LogP contribution in [0.25, 0.3) is 0 Å². The fourth-order valence-electron chi connectivity index (χ4n) is 3.86. The summed E-state index contributed by atoms with van der Waals surface area (Å²) in [7, 11) is -3.13. The molecule has 3 aliphatic heterocycles. The van der Waals surface area contributed by atoms with Gasteiger partial charge in [0.2, 0.25) is 5.91 Å². The first-order valence-electron chi connectivity index (χ1n) is 7.42. The van der Waals surface area contributed by atoms with Crippen molar-refractivity contribution in [2.24, 2.45) is 0 Å². The van der Waals surface area contributed by atoms with Gasteiger partial charge in [0.15, 0.2) is 9.84 Å². The van der Waals surface area contributed by atoms with Gasteiger partial charge in [0.05, 0.1) is 35.6 Å². The zero-order valence-corrected chi connectivity index (χ0v) is 13.3. The molecule has 0 radical (unpaired) electrons. The van der Waals surface area contributed by atoms with Crippen molar-refractivity contribution < 1.29 is 18.3 Å². The summed E-state index contributed by atoms with van der Waals surface area (Å²) in [6.45, 7) is 0.266. The van der Waals surface area contributed by atoms with E-state index in [4.69, 9.17) is 11.6 Å². The number of hydrogen-bond acceptors (Lipinski definition) is 5. The van der Waals surface area contributed by atoms with Crippen molar-refractivity contribution in [1.82, 2.24) is 10.2 Å². The SMILES string of the molecule is O=C(CN1C2CCC1CC(O)C2)NC1CS(=O)(=O)CC1Cl. The van der Waals surface area contributed by atoms with Crippen LogP contribution in [-0.4, -0.2) is 72.0 Å². The van der Waals surface area contributed by atoms with Gasteiger partial charge in [-0.05, 0) is 25.7 Å². The van der Waals surface area contributed by atoms with Gasteiger partial charge in [-0.3, -0.25) is 9.69 Å². The molecule has 1 amide bonds. The Morgan fingerprint density at radius 2 is 1.86 bits per heavy atom. The molecular weight excluding hydrogens is 316 g/mol. The lowest BCUT2D eigenvalue weighted by molar-refractivity contribution is -0.124. The lowest BCUT2D eigenvalue weighted by Gasteiger charge is -2.36. The van der Waals surface area contributed by atoms with Gasteiger partial charge >= 0.3 is 0 Å². The zero-order chi connectivity index (χ0) is 15.2. The van der Waals surface area contributed by atoms with Gasteiger partial charge in [-0.1, -0.05) is 0 Å². The summed E-state index contributed by atoms with van der Waals surface area (Å²) >= 11 is 6.00. The van der Waals surface area contributed by atoms with E-state index in [1.165, 1.54) is 0 Å². The number of carbonyl (C=O) groups is 1. The standard InChI is InChI=1S/C13H21ClN2O4S/c14-11-6-21(19,20)7-12(11)15-13(18)5-16-8-1-2-9(16)4-10(17)3-8/h8-12,17H,1-7H2,(H,15,18). The molecule has 2 bridgehead atoms. The van der Waals surface area contributed by atoms with E-state index in [1.54, 1.807) is 0 Å². The van der Waals surface area contributed by atoms with Crippen LogP contribution in [0.15, 0.2) is 0 Å². The second-order valence-corrected chi connectivity index (χ2v) is 9.16. The van der Waals surface area contributed by atoms with E-state index >= 15 is 0 Å². The molecule has 0 aromatic heterocycles. The van der Waals surface area contributed by atoms with E-state index in [9.17, 15) is 18.3 Å². The number of rotatable bonds is 3. The largest absolute Gasteiger partial charge is 0.393 e. The first kappa shape index (κ1) is 15.5. The highest BCUT2D eigenvalue weighted by atomic mass is 35.5. The summed E-state index contributed by atoms with van der Waals surface area (Å²) in [4.78, 5) is 14.3. The molecule has 3 rings (SSSR count). The van der Waals surface area contributed by atoms with Gasteiger partial charge in [0.1, 0.15) is 0 Å². The third-order valence-electron chi connectivity index (χ3n) is 4.82. The number of aliphatic hydroxyl groups is 1. The molecule has 0 aromatic rings. The quantitative estimate of drug-likeness (QED) is 0.678. The van der Waals surface area contributed by atoms with E-state index in [0.717, 1.165) is 25.7 Å². The molecule has 4 atom stereocenters. The third kappa shape index (κ3) is 3.36. The van der Waals surface area contributed by atoms with Gasteiger partial charge in [-0.2, -0.15) is 0 Å². The average molecular weight is 337 g/mol. The van der Waals surface area contributed by atoms with Crippen LogP contribution in [0, 0.1) is 0 Å². The summed E-state index contributed by atoms with van der Waals surface area (Å²) in [5, 5.41) is 12.0. The number of aliphatic hydroxyl groups excluding tert-OH is 1. The molecule has 0 spiro atoms. The van der Waals surface area contributed by atoms with Crippen molar-refractivity contribution in [3.05, 3.63) is 0 Å². The molecule has 0 saturated carbocycles. The van der Waals surface area contributed by atoms with E-state index in [2.05, 4.69) is 10.2 Å². The van der Waals surface area contributed by atoms with Gasteiger partial charge in [0, 0.05) is 12.1 Å². The molecule has 120 valence electrons. The van der Waals surface area contributed by atoms with Crippen LogP contribution in [0.5, 0.6) is 0 Å². The first-order valence-corrected chi connectivity index (χ1v) is 9.67. The van der Waals surface area contributed by atoms with Crippen molar-refractivity contribution in [3.63, 3.8) is 0 Å². The Bertz CT molecular complexity index is 512. The van der Waals surface area contributed by atoms with Gasteiger partial charge in [0.25, 0.3) is 0 Å². The maximum atomic E-state index is 12.2. The lowest BCUT2D eigenvalue weighted by atomic mass is 10.00. The van der Waals surface area contributed by atoms with Crippen LogP contribution >= 0.6 is 11.6 Å². The number of nitrogens with zero attached hydrogens (tertiary/aromatic N) is 1. The van der Waals surface area contributed by atoms with Crippen LogP contribution in [-0.2, 0) is 14.6 Å². The normalized spacial score (nSPS) is 42.1. The minimum absolute atomic E-state index is 0.0688. The third-order valence-corrected chi connectivity index (χ3v) is 7.19. The Morgan fingerprint density at radius 3 is 2.38 bits per heavy atom. The number of alkyl halides is 1. The molecular formula is C13H21ClN2O4S. The van der Waals surface area contributed by atoms with Crippen molar-refractivity contribution in [2.75, 3.05) is 18.1 Å². The highest BCUT2D eigenvalue weighted by Gasteiger charge is 2.42. The van der Waals surface area contributed by atoms with Crippen LogP contribution < -0.4 is 5.32 Å². The number of sulfone groups is 1. The maximum absolute atomic E-state index is 12.2. The molecule has 3 aliphatic rings. The van der Waals surface area contributed by atoms with Crippen LogP contribution in [0.1, 0.15) is 25.7 Å². The lowest BCUT2D eigenvalue weighted by Crippen LogP contribution is -2.51. The fourth-order valence-corrected chi connectivity index (χ4v) is 6.41. The number of nitrogens with one attached hydrogen (secondary N) is 1. The van der Waals surface area contributed by atoms with Crippen LogP contribution in [0.4, 0.5) is 0 Å². The Morgan fingerprint density at radius 1 is 1.24 bits per heavy atom. The Labute approximate surface area is 129 Å². The molecule has 8 heteroatoms. The molecule has 3 fully saturated rings. The summed E-state index contributed by atoms with van der Waals surface area (Å²) < 4.78 is 23.0. The Hall–Kier alpha value is -0.370. The minimum Gasteiger partial charge on any atom is -0.393 e. The number of hydrogen-bond donors (Lipinski definition) is 2. The second kappa shape index (κ2) is 5.68. The monoisotopic (exact) mass is 336 g/mol. The Kier molecular flexibility index (Phi) is 4.20. The van der Waals surface area contributed by atoms with Crippen molar-refractivity contribution in [3.8, 4) is 0 Å². The van der Waals surface area contributed by atoms with Gasteiger partial charge < -0.3 is 10.4 Å². The summed E-state index contributed by atoms with van der Waals surface area (Å²) in [5.41, 5.74) is 0. The molecule has 2 N–H and O–H groups in total. The van der Waals surface area contributed by atoms with Gasteiger partial charge in [-0.25, -0.2) is 8.42 Å². The van der Waals surface area contributed by atoms with Crippen LogP contribution in [0.3, 0.4) is 0 Å². The molecule has 3 heterocycles. The highest BCUT2D eigenvalue weighted by Crippen LogP contribution is 2.35. The number of amides is 1. The average Bonchev–Trinajstić information content (AvgIpc) is 2.75. The number of halogens is 1. The summed E-state index contributed by atoms with van der Waals surface area (Å²) in [6, 6.07) is 0.0458.